The molecular formula is C14H23NO2. The van der Waals surface area contributed by atoms with Crippen LogP contribution in [-0.2, 0) is 4.74 Å². The fraction of sp³-hybridized carbons (Fsp3) is 0.571. The van der Waals surface area contributed by atoms with Gasteiger partial charge in [0.25, 0.3) is 0 Å². The van der Waals surface area contributed by atoms with Crippen molar-refractivity contribution >= 4 is 0 Å². The van der Waals surface area contributed by atoms with Gasteiger partial charge in [0.1, 0.15) is 5.75 Å². The number of benzene rings is 1. The van der Waals surface area contributed by atoms with Crippen molar-refractivity contribution in [1.29, 1.82) is 0 Å². The fourth-order valence-electron chi connectivity index (χ4n) is 1.84. The molecule has 0 radical (unpaired) electrons. The summed E-state index contributed by atoms with van der Waals surface area (Å²) in [7, 11) is 1.70. The molecule has 0 aromatic heterocycles. The van der Waals surface area contributed by atoms with Gasteiger partial charge in [-0.2, -0.15) is 0 Å². The van der Waals surface area contributed by atoms with Crippen LogP contribution in [0.15, 0.2) is 24.3 Å². The predicted octanol–water partition coefficient (Wildman–Crippen LogP) is 2.77. The second-order valence-corrected chi connectivity index (χ2v) is 3.87. The molecule has 3 heteroatoms. The summed E-state index contributed by atoms with van der Waals surface area (Å²) < 4.78 is 10.7. The van der Waals surface area contributed by atoms with E-state index in [1.807, 2.05) is 19.1 Å². The molecule has 0 aliphatic carbocycles. The Labute approximate surface area is 104 Å². The van der Waals surface area contributed by atoms with Crippen molar-refractivity contribution < 1.29 is 9.47 Å². The van der Waals surface area contributed by atoms with Crippen LogP contribution in [0, 0.1) is 0 Å². The van der Waals surface area contributed by atoms with Crippen molar-refractivity contribution in [2.75, 3.05) is 26.9 Å². The second-order valence-electron chi connectivity index (χ2n) is 3.87. The first kappa shape index (κ1) is 14.0. The predicted molar refractivity (Wildman–Crippen MR) is 70.5 cm³/mol. The molecule has 1 unspecified atom stereocenters. The van der Waals surface area contributed by atoms with Gasteiger partial charge in [0.15, 0.2) is 0 Å². The zero-order valence-corrected chi connectivity index (χ0v) is 11.0. The molecule has 0 amide bonds. The van der Waals surface area contributed by atoms with Gasteiger partial charge in [0, 0.05) is 19.3 Å². The van der Waals surface area contributed by atoms with E-state index in [4.69, 9.17) is 9.47 Å². The van der Waals surface area contributed by atoms with Gasteiger partial charge in [-0.3, -0.25) is 0 Å². The first-order valence-corrected chi connectivity index (χ1v) is 6.26. The third kappa shape index (κ3) is 4.75. The average Bonchev–Trinajstić information content (AvgIpc) is 2.38. The summed E-state index contributed by atoms with van der Waals surface area (Å²) >= 11 is 0. The van der Waals surface area contributed by atoms with Gasteiger partial charge in [-0.05, 0) is 37.6 Å². The summed E-state index contributed by atoms with van der Waals surface area (Å²) in [5.41, 5.74) is 1.26. The Morgan fingerprint density at radius 3 is 2.76 bits per heavy atom. The molecule has 96 valence electrons. The lowest BCUT2D eigenvalue weighted by atomic mass is 10.0. The highest BCUT2D eigenvalue weighted by molar-refractivity contribution is 5.30. The quantitative estimate of drug-likeness (QED) is 0.705. The second kappa shape index (κ2) is 8.09. The van der Waals surface area contributed by atoms with Crippen LogP contribution in [0.3, 0.4) is 0 Å². The van der Waals surface area contributed by atoms with E-state index in [0.717, 1.165) is 31.9 Å². The van der Waals surface area contributed by atoms with E-state index in [1.165, 1.54) is 5.56 Å². The number of nitrogens with one attached hydrogen (secondary N) is 1. The van der Waals surface area contributed by atoms with Crippen molar-refractivity contribution in [2.45, 2.75) is 26.3 Å². The van der Waals surface area contributed by atoms with E-state index in [2.05, 4.69) is 24.4 Å². The monoisotopic (exact) mass is 237 g/mol. The Bertz CT molecular complexity index is 315. The van der Waals surface area contributed by atoms with Crippen LogP contribution in [0.1, 0.15) is 31.9 Å². The van der Waals surface area contributed by atoms with E-state index < -0.39 is 0 Å². The number of ether oxygens (including phenoxy) is 2. The van der Waals surface area contributed by atoms with Gasteiger partial charge in [-0.25, -0.2) is 0 Å². The van der Waals surface area contributed by atoms with Crippen molar-refractivity contribution in [2.24, 2.45) is 0 Å². The summed E-state index contributed by atoms with van der Waals surface area (Å²) in [5, 5.41) is 3.47. The Morgan fingerprint density at radius 1 is 1.29 bits per heavy atom. The maximum Gasteiger partial charge on any atom is 0.119 e. The molecule has 0 spiro atoms. The SMILES string of the molecule is CCNC(CCOCC)c1cccc(OC)c1. The molecule has 0 saturated heterocycles. The standard InChI is InChI=1S/C14H23NO2/c1-4-15-14(9-10-17-5-2)12-7-6-8-13(11-12)16-3/h6-8,11,14-15H,4-5,9-10H2,1-3H3. The van der Waals surface area contributed by atoms with Crippen LogP contribution in [0.5, 0.6) is 5.75 Å². The Hall–Kier alpha value is -1.06. The molecule has 0 fully saturated rings. The maximum atomic E-state index is 5.42. The van der Waals surface area contributed by atoms with Crippen LogP contribution >= 0.6 is 0 Å². The molecule has 3 nitrogen and oxygen atoms in total. The number of hydrogen-bond donors (Lipinski definition) is 1. The third-order valence-corrected chi connectivity index (χ3v) is 2.70. The van der Waals surface area contributed by atoms with Crippen LogP contribution < -0.4 is 10.1 Å². The van der Waals surface area contributed by atoms with Gasteiger partial charge < -0.3 is 14.8 Å². The molecule has 0 heterocycles. The molecule has 1 aromatic carbocycles. The minimum Gasteiger partial charge on any atom is -0.497 e. The molecule has 1 rings (SSSR count). The van der Waals surface area contributed by atoms with Gasteiger partial charge >= 0.3 is 0 Å². The van der Waals surface area contributed by atoms with Gasteiger partial charge in [0.05, 0.1) is 7.11 Å². The Morgan fingerprint density at radius 2 is 2.12 bits per heavy atom. The minimum absolute atomic E-state index is 0.335. The average molecular weight is 237 g/mol. The van der Waals surface area contributed by atoms with Crippen LogP contribution in [0.25, 0.3) is 0 Å². The molecule has 0 aliphatic rings. The van der Waals surface area contributed by atoms with E-state index in [9.17, 15) is 0 Å². The molecular weight excluding hydrogens is 214 g/mol. The van der Waals surface area contributed by atoms with Crippen LogP contribution in [0.2, 0.25) is 0 Å². The van der Waals surface area contributed by atoms with Crippen molar-refractivity contribution in [1.82, 2.24) is 5.32 Å². The van der Waals surface area contributed by atoms with E-state index in [0.29, 0.717) is 6.04 Å². The summed E-state index contributed by atoms with van der Waals surface area (Å²) in [6, 6.07) is 8.54. The fourth-order valence-corrected chi connectivity index (χ4v) is 1.84. The molecule has 0 aliphatic heterocycles. The Kier molecular flexibility index (Phi) is 6.67. The molecule has 1 N–H and O–H groups in total. The normalized spacial score (nSPS) is 12.4. The summed E-state index contributed by atoms with van der Waals surface area (Å²) in [6.07, 6.45) is 0.981. The van der Waals surface area contributed by atoms with Gasteiger partial charge in [0.2, 0.25) is 0 Å². The lowest BCUT2D eigenvalue weighted by Gasteiger charge is -2.18. The minimum atomic E-state index is 0.335. The molecule has 17 heavy (non-hydrogen) atoms. The Balaban J connectivity index is 2.66. The lowest BCUT2D eigenvalue weighted by molar-refractivity contribution is 0.136. The number of hydrogen-bond acceptors (Lipinski definition) is 3. The molecule has 0 bridgehead atoms. The van der Waals surface area contributed by atoms with Crippen molar-refractivity contribution in [3.8, 4) is 5.75 Å². The van der Waals surface area contributed by atoms with Gasteiger partial charge in [-0.15, -0.1) is 0 Å². The smallest absolute Gasteiger partial charge is 0.119 e. The summed E-state index contributed by atoms with van der Waals surface area (Å²) in [4.78, 5) is 0. The van der Waals surface area contributed by atoms with E-state index >= 15 is 0 Å². The number of rotatable bonds is 8. The van der Waals surface area contributed by atoms with Crippen molar-refractivity contribution in [3.05, 3.63) is 29.8 Å². The lowest BCUT2D eigenvalue weighted by Crippen LogP contribution is -2.22. The van der Waals surface area contributed by atoms with Gasteiger partial charge in [-0.1, -0.05) is 19.1 Å². The summed E-state index contributed by atoms with van der Waals surface area (Å²) in [6.45, 7) is 6.65. The van der Waals surface area contributed by atoms with Crippen LogP contribution in [0.4, 0.5) is 0 Å². The zero-order chi connectivity index (χ0) is 12.5. The summed E-state index contributed by atoms with van der Waals surface area (Å²) in [5.74, 6) is 0.904. The first-order valence-electron chi connectivity index (χ1n) is 6.26. The zero-order valence-electron chi connectivity index (χ0n) is 11.0. The highest BCUT2D eigenvalue weighted by Gasteiger charge is 2.10. The number of methoxy groups -OCH3 is 1. The third-order valence-electron chi connectivity index (χ3n) is 2.70. The molecule has 1 atom stereocenters. The van der Waals surface area contributed by atoms with E-state index in [1.54, 1.807) is 7.11 Å². The van der Waals surface area contributed by atoms with E-state index in [-0.39, 0.29) is 0 Å². The van der Waals surface area contributed by atoms with Crippen LogP contribution in [-0.4, -0.2) is 26.9 Å². The maximum absolute atomic E-state index is 5.42. The molecule has 0 saturated carbocycles. The largest absolute Gasteiger partial charge is 0.497 e. The van der Waals surface area contributed by atoms with Crippen molar-refractivity contribution in [3.63, 3.8) is 0 Å². The highest BCUT2D eigenvalue weighted by atomic mass is 16.5. The molecule has 1 aromatic rings. The first-order chi connectivity index (χ1) is 8.31. The highest BCUT2D eigenvalue weighted by Crippen LogP contribution is 2.21. The topological polar surface area (TPSA) is 30.5 Å².